The van der Waals surface area contributed by atoms with Crippen LogP contribution in [-0.2, 0) is 7.05 Å². The van der Waals surface area contributed by atoms with Gasteiger partial charge in [-0.05, 0) is 0 Å². The van der Waals surface area contributed by atoms with E-state index in [-0.39, 0.29) is 12.4 Å². The average molecular weight is 185 g/mol. The van der Waals surface area contributed by atoms with Gasteiger partial charge in [-0.1, -0.05) is 0 Å². The summed E-state index contributed by atoms with van der Waals surface area (Å²) in [5, 5.41) is 0. The van der Waals surface area contributed by atoms with Crippen molar-refractivity contribution in [2.75, 3.05) is 5.73 Å². The molecular weight excluding hydrogens is 176 g/mol. The van der Waals surface area contributed by atoms with Crippen LogP contribution in [0.1, 0.15) is 0 Å². The maximum absolute atomic E-state index is 5.68. The quantitative estimate of drug-likeness (QED) is 0.664. The molecule has 0 aliphatic carbocycles. The van der Waals surface area contributed by atoms with Crippen LogP contribution in [0.3, 0.4) is 0 Å². The van der Waals surface area contributed by atoms with E-state index in [1.165, 1.54) is 0 Å². The first kappa shape index (κ1) is 8.80. The van der Waals surface area contributed by atoms with Gasteiger partial charge in [-0.15, -0.1) is 12.4 Å². The van der Waals surface area contributed by atoms with Crippen molar-refractivity contribution in [1.82, 2.24) is 14.5 Å². The van der Waals surface area contributed by atoms with Crippen LogP contribution in [0.2, 0.25) is 0 Å². The Morgan fingerprint density at radius 1 is 1.42 bits per heavy atom. The number of imidazole rings is 1. The Labute approximate surface area is 75.8 Å². The standard InChI is InChI=1S/C7H8N4.ClH/c1-11-4-10-6-3-9-2-5(8)7(6)11;/h2-4H,8H2,1H3;1H. The Morgan fingerprint density at radius 3 is 2.83 bits per heavy atom. The molecule has 0 unspecified atom stereocenters. The first-order valence-corrected chi connectivity index (χ1v) is 3.29. The van der Waals surface area contributed by atoms with Crippen LogP contribution < -0.4 is 5.73 Å². The van der Waals surface area contributed by atoms with Crippen LogP contribution in [0.5, 0.6) is 0 Å². The third-order valence-corrected chi connectivity index (χ3v) is 1.65. The minimum absolute atomic E-state index is 0. The van der Waals surface area contributed by atoms with Gasteiger partial charge in [-0.2, -0.15) is 0 Å². The van der Waals surface area contributed by atoms with Gasteiger partial charge in [0.15, 0.2) is 0 Å². The summed E-state index contributed by atoms with van der Waals surface area (Å²) < 4.78 is 1.88. The second-order valence-corrected chi connectivity index (χ2v) is 2.45. The van der Waals surface area contributed by atoms with Crippen LogP contribution in [0.4, 0.5) is 5.69 Å². The van der Waals surface area contributed by atoms with E-state index >= 15 is 0 Å². The molecule has 64 valence electrons. The molecule has 0 saturated carbocycles. The summed E-state index contributed by atoms with van der Waals surface area (Å²) >= 11 is 0. The highest BCUT2D eigenvalue weighted by Crippen LogP contribution is 2.16. The first-order chi connectivity index (χ1) is 5.29. The van der Waals surface area contributed by atoms with Gasteiger partial charge < -0.3 is 10.3 Å². The molecule has 0 amide bonds. The summed E-state index contributed by atoms with van der Waals surface area (Å²) in [6.45, 7) is 0. The van der Waals surface area contributed by atoms with Gasteiger partial charge in [-0.25, -0.2) is 4.98 Å². The average Bonchev–Trinajstić information content (AvgIpc) is 2.34. The summed E-state index contributed by atoms with van der Waals surface area (Å²) in [4.78, 5) is 8.02. The molecule has 2 rings (SSSR count). The van der Waals surface area contributed by atoms with Crippen LogP contribution in [0.15, 0.2) is 18.7 Å². The number of aryl methyl sites for hydroxylation is 1. The van der Waals surface area contributed by atoms with Gasteiger partial charge in [0.1, 0.15) is 5.52 Å². The molecule has 4 nitrogen and oxygen atoms in total. The minimum atomic E-state index is 0. The molecule has 5 heteroatoms. The van der Waals surface area contributed by atoms with Crippen LogP contribution in [-0.4, -0.2) is 14.5 Å². The molecule has 12 heavy (non-hydrogen) atoms. The lowest BCUT2D eigenvalue weighted by Crippen LogP contribution is -1.92. The van der Waals surface area contributed by atoms with Gasteiger partial charge in [0.05, 0.1) is 29.9 Å². The van der Waals surface area contributed by atoms with Crippen LogP contribution in [0, 0.1) is 0 Å². The number of fused-ring (bicyclic) bond motifs is 1. The molecule has 0 aromatic carbocycles. The van der Waals surface area contributed by atoms with Crippen molar-refractivity contribution in [2.24, 2.45) is 7.05 Å². The first-order valence-electron chi connectivity index (χ1n) is 3.29. The molecule has 2 aromatic heterocycles. The molecule has 0 aliphatic heterocycles. The van der Waals surface area contributed by atoms with E-state index in [1.54, 1.807) is 18.7 Å². The number of halogens is 1. The smallest absolute Gasteiger partial charge is 0.109 e. The lowest BCUT2D eigenvalue weighted by atomic mass is 10.3. The van der Waals surface area contributed by atoms with Gasteiger partial charge in [0.25, 0.3) is 0 Å². The van der Waals surface area contributed by atoms with Crippen LogP contribution >= 0.6 is 12.4 Å². The largest absolute Gasteiger partial charge is 0.396 e. The van der Waals surface area contributed by atoms with E-state index in [4.69, 9.17) is 5.73 Å². The molecule has 0 aliphatic rings. The zero-order valence-electron chi connectivity index (χ0n) is 6.56. The maximum Gasteiger partial charge on any atom is 0.109 e. The van der Waals surface area contributed by atoms with Crippen molar-refractivity contribution in [3.63, 3.8) is 0 Å². The van der Waals surface area contributed by atoms with Gasteiger partial charge in [0, 0.05) is 7.05 Å². The Bertz CT molecular complexity index is 395. The molecular formula is C7H9ClN4. The number of hydrogen-bond donors (Lipinski definition) is 1. The Balaban J connectivity index is 0.000000720. The number of rotatable bonds is 0. The molecule has 0 saturated heterocycles. The molecule has 2 aromatic rings. The number of nitrogens with zero attached hydrogens (tertiary/aromatic N) is 3. The number of anilines is 1. The van der Waals surface area contributed by atoms with E-state index in [0.29, 0.717) is 5.69 Å². The Hall–Kier alpha value is -1.29. The minimum Gasteiger partial charge on any atom is -0.396 e. The second-order valence-electron chi connectivity index (χ2n) is 2.45. The van der Waals surface area contributed by atoms with E-state index in [2.05, 4.69) is 9.97 Å². The van der Waals surface area contributed by atoms with Gasteiger partial charge in [-0.3, -0.25) is 4.98 Å². The topological polar surface area (TPSA) is 56.7 Å². The highest BCUT2D eigenvalue weighted by molar-refractivity contribution is 5.86. The molecule has 2 N–H and O–H groups in total. The lowest BCUT2D eigenvalue weighted by Gasteiger charge is -1.96. The molecule has 0 bridgehead atoms. The van der Waals surface area contributed by atoms with Crippen molar-refractivity contribution >= 4 is 29.1 Å². The Morgan fingerprint density at radius 2 is 2.17 bits per heavy atom. The normalized spacial score (nSPS) is 9.75. The fourth-order valence-corrected chi connectivity index (χ4v) is 1.14. The number of nitrogen functional groups attached to an aromatic ring is 1. The van der Waals surface area contributed by atoms with Gasteiger partial charge in [0.2, 0.25) is 0 Å². The summed E-state index contributed by atoms with van der Waals surface area (Å²) in [5.74, 6) is 0. The fraction of sp³-hybridized carbons (Fsp3) is 0.143. The summed E-state index contributed by atoms with van der Waals surface area (Å²) in [5.41, 5.74) is 8.13. The van der Waals surface area contributed by atoms with E-state index in [9.17, 15) is 0 Å². The molecule has 0 fully saturated rings. The summed E-state index contributed by atoms with van der Waals surface area (Å²) in [6, 6.07) is 0. The zero-order chi connectivity index (χ0) is 7.84. The van der Waals surface area contributed by atoms with Crippen molar-refractivity contribution in [2.45, 2.75) is 0 Å². The second kappa shape index (κ2) is 2.98. The third kappa shape index (κ3) is 1.10. The fourth-order valence-electron chi connectivity index (χ4n) is 1.14. The number of hydrogen-bond acceptors (Lipinski definition) is 3. The molecule has 2 heterocycles. The Kier molecular flexibility index (Phi) is 2.19. The van der Waals surface area contributed by atoms with E-state index in [0.717, 1.165) is 11.0 Å². The molecule has 0 atom stereocenters. The molecule has 0 spiro atoms. The van der Waals surface area contributed by atoms with Crippen molar-refractivity contribution in [1.29, 1.82) is 0 Å². The molecule has 0 radical (unpaired) electrons. The predicted octanol–water partition coefficient (Wildman–Crippen LogP) is 0.972. The number of nitrogens with two attached hydrogens (primary N) is 1. The van der Waals surface area contributed by atoms with Crippen molar-refractivity contribution < 1.29 is 0 Å². The predicted molar refractivity (Wildman–Crippen MR) is 50.2 cm³/mol. The zero-order valence-corrected chi connectivity index (χ0v) is 7.38. The maximum atomic E-state index is 5.68. The van der Waals surface area contributed by atoms with E-state index < -0.39 is 0 Å². The monoisotopic (exact) mass is 184 g/mol. The highest BCUT2D eigenvalue weighted by Gasteiger charge is 2.01. The summed E-state index contributed by atoms with van der Waals surface area (Å²) in [7, 11) is 1.91. The summed E-state index contributed by atoms with van der Waals surface area (Å²) in [6.07, 6.45) is 5.05. The number of aromatic nitrogens is 3. The SMILES string of the molecule is Cl.Cn1cnc2cncc(N)c21. The van der Waals surface area contributed by atoms with Crippen molar-refractivity contribution in [3.05, 3.63) is 18.7 Å². The number of pyridine rings is 1. The van der Waals surface area contributed by atoms with Crippen molar-refractivity contribution in [3.8, 4) is 0 Å². The lowest BCUT2D eigenvalue weighted by molar-refractivity contribution is 0.948. The van der Waals surface area contributed by atoms with Crippen LogP contribution in [0.25, 0.3) is 11.0 Å². The van der Waals surface area contributed by atoms with Gasteiger partial charge >= 0.3 is 0 Å². The highest BCUT2D eigenvalue weighted by atomic mass is 35.5. The third-order valence-electron chi connectivity index (χ3n) is 1.65. The van der Waals surface area contributed by atoms with E-state index in [1.807, 2.05) is 11.6 Å².